The number of amides is 1. The molecule has 0 saturated carbocycles. The zero-order chi connectivity index (χ0) is 16.1. The quantitative estimate of drug-likeness (QED) is 0.679. The topological polar surface area (TPSA) is 73.4 Å². The van der Waals surface area contributed by atoms with Crippen molar-refractivity contribution in [2.24, 2.45) is 5.92 Å². The fourth-order valence-corrected chi connectivity index (χ4v) is 2.68. The highest BCUT2D eigenvalue weighted by Crippen LogP contribution is 2.17. The molecule has 5 heteroatoms. The lowest BCUT2D eigenvalue weighted by Gasteiger charge is -2.14. The van der Waals surface area contributed by atoms with Crippen LogP contribution in [-0.2, 0) is 0 Å². The van der Waals surface area contributed by atoms with Gasteiger partial charge in [0.1, 0.15) is 0 Å². The molecule has 120 valence electrons. The SMILES string of the molecule is O=C(NCC1CNCC1O)c1cccc(Nc2ccccc2)c1. The number of hydrogen-bond donors (Lipinski definition) is 4. The largest absolute Gasteiger partial charge is 0.391 e. The van der Waals surface area contributed by atoms with Crippen molar-refractivity contribution in [1.29, 1.82) is 0 Å². The number of carbonyl (C=O) groups is 1. The Hall–Kier alpha value is -2.37. The molecule has 0 spiro atoms. The third-order valence-corrected chi connectivity index (χ3v) is 4.02. The van der Waals surface area contributed by atoms with Gasteiger partial charge in [-0.05, 0) is 30.3 Å². The Morgan fingerprint density at radius 1 is 1.09 bits per heavy atom. The van der Waals surface area contributed by atoms with Gasteiger partial charge in [0, 0.05) is 42.5 Å². The van der Waals surface area contributed by atoms with E-state index in [1.165, 1.54) is 0 Å². The van der Waals surface area contributed by atoms with E-state index < -0.39 is 0 Å². The Kier molecular flexibility index (Phi) is 4.90. The molecule has 2 unspecified atom stereocenters. The first-order valence-corrected chi connectivity index (χ1v) is 7.81. The van der Waals surface area contributed by atoms with Crippen LogP contribution in [0.5, 0.6) is 0 Å². The summed E-state index contributed by atoms with van der Waals surface area (Å²) in [6.07, 6.45) is -0.388. The molecule has 2 atom stereocenters. The number of rotatable bonds is 5. The van der Waals surface area contributed by atoms with Gasteiger partial charge in [-0.1, -0.05) is 24.3 Å². The van der Waals surface area contributed by atoms with Crippen molar-refractivity contribution in [1.82, 2.24) is 10.6 Å². The highest BCUT2D eigenvalue weighted by molar-refractivity contribution is 5.95. The molecule has 1 saturated heterocycles. The Balaban J connectivity index is 1.61. The van der Waals surface area contributed by atoms with Crippen molar-refractivity contribution in [3.8, 4) is 0 Å². The van der Waals surface area contributed by atoms with Crippen LogP contribution in [0.4, 0.5) is 11.4 Å². The minimum atomic E-state index is -0.388. The third kappa shape index (κ3) is 4.09. The van der Waals surface area contributed by atoms with Crippen LogP contribution in [0.25, 0.3) is 0 Å². The molecule has 1 amide bonds. The van der Waals surface area contributed by atoms with Crippen LogP contribution in [0, 0.1) is 5.92 Å². The average Bonchev–Trinajstić information content (AvgIpc) is 2.99. The van der Waals surface area contributed by atoms with E-state index in [4.69, 9.17) is 0 Å². The fraction of sp³-hybridized carbons (Fsp3) is 0.278. The van der Waals surface area contributed by atoms with Crippen molar-refractivity contribution in [3.05, 3.63) is 60.2 Å². The van der Waals surface area contributed by atoms with E-state index in [0.29, 0.717) is 18.7 Å². The number of β-amino-alcohol motifs (C(OH)–C–C–N with tert-alkyl or cyclic N) is 1. The number of carbonyl (C=O) groups excluding carboxylic acids is 1. The molecule has 4 N–H and O–H groups in total. The summed E-state index contributed by atoms with van der Waals surface area (Å²) >= 11 is 0. The summed E-state index contributed by atoms with van der Waals surface area (Å²) in [6, 6.07) is 17.2. The van der Waals surface area contributed by atoms with Gasteiger partial charge in [-0.3, -0.25) is 4.79 Å². The first kappa shape index (κ1) is 15.5. The van der Waals surface area contributed by atoms with Gasteiger partial charge in [-0.2, -0.15) is 0 Å². The lowest BCUT2D eigenvalue weighted by molar-refractivity contribution is 0.0927. The monoisotopic (exact) mass is 311 g/mol. The fourth-order valence-electron chi connectivity index (χ4n) is 2.68. The number of benzene rings is 2. The van der Waals surface area contributed by atoms with Gasteiger partial charge in [0.25, 0.3) is 5.91 Å². The van der Waals surface area contributed by atoms with Gasteiger partial charge < -0.3 is 21.1 Å². The molecule has 1 heterocycles. The molecule has 5 nitrogen and oxygen atoms in total. The standard InChI is InChI=1S/C18H21N3O2/c22-17-12-19-10-14(17)11-20-18(23)13-5-4-8-16(9-13)21-15-6-2-1-3-7-15/h1-9,14,17,19,21-22H,10-12H2,(H,20,23). The lowest BCUT2D eigenvalue weighted by Crippen LogP contribution is -2.34. The predicted octanol–water partition coefficient (Wildman–Crippen LogP) is 1.74. The van der Waals surface area contributed by atoms with Gasteiger partial charge in [0.15, 0.2) is 0 Å². The second-order valence-electron chi connectivity index (χ2n) is 5.77. The number of nitrogens with one attached hydrogen (secondary N) is 3. The summed E-state index contributed by atoms with van der Waals surface area (Å²) in [5.41, 5.74) is 2.45. The Morgan fingerprint density at radius 2 is 1.87 bits per heavy atom. The van der Waals surface area contributed by atoms with Crippen molar-refractivity contribution in [2.75, 3.05) is 25.0 Å². The predicted molar refractivity (Wildman–Crippen MR) is 90.9 cm³/mol. The molecule has 1 aliphatic heterocycles. The number of anilines is 2. The van der Waals surface area contributed by atoms with E-state index >= 15 is 0 Å². The molecule has 23 heavy (non-hydrogen) atoms. The van der Waals surface area contributed by atoms with E-state index in [1.807, 2.05) is 48.5 Å². The molecular formula is C18H21N3O2. The Labute approximate surface area is 135 Å². The van der Waals surface area contributed by atoms with E-state index in [0.717, 1.165) is 17.9 Å². The lowest BCUT2D eigenvalue weighted by atomic mass is 10.1. The molecule has 1 aliphatic rings. The van der Waals surface area contributed by atoms with Gasteiger partial charge in [0.05, 0.1) is 6.10 Å². The van der Waals surface area contributed by atoms with E-state index in [2.05, 4.69) is 16.0 Å². The smallest absolute Gasteiger partial charge is 0.251 e. The molecular weight excluding hydrogens is 290 g/mol. The second-order valence-corrected chi connectivity index (χ2v) is 5.77. The first-order chi connectivity index (χ1) is 11.2. The summed E-state index contributed by atoms with van der Waals surface area (Å²) in [6.45, 7) is 1.80. The minimum Gasteiger partial charge on any atom is -0.391 e. The molecule has 0 aromatic heterocycles. The maximum atomic E-state index is 12.3. The summed E-state index contributed by atoms with van der Waals surface area (Å²) in [4.78, 5) is 12.3. The number of aliphatic hydroxyl groups excluding tert-OH is 1. The molecule has 2 aromatic rings. The van der Waals surface area contributed by atoms with E-state index in [-0.39, 0.29) is 17.9 Å². The molecule has 1 fully saturated rings. The highest BCUT2D eigenvalue weighted by atomic mass is 16.3. The number of aliphatic hydroxyl groups is 1. The molecule has 2 aromatic carbocycles. The summed E-state index contributed by atoms with van der Waals surface area (Å²) in [5.74, 6) is -0.0506. The molecule has 3 rings (SSSR count). The van der Waals surface area contributed by atoms with Crippen LogP contribution < -0.4 is 16.0 Å². The molecule has 0 radical (unpaired) electrons. The van der Waals surface area contributed by atoms with Gasteiger partial charge >= 0.3 is 0 Å². The van der Waals surface area contributed by atoms with Gasteiger partial charge in [-0.25, -0.2) is 0 Å². The number of hydrogen-bond acceptors (Lipinski definition) is 4. The Morgan fingerprint density at radius 3 is 2.61 bits per heavy atom. The van der Waals surface area contributed by atoms with E-state index in [1.54, 1.807) is 6.07 Å². The van der Waals surface area contributed by atoms with Gasteiger partial charge in [0.2, 0.25) is 0 Å². The normalized spacial score (nSPS) is 20.2. The van der Waals surface area contributed by atoms with Gasteiger partial charge in [-0.15, -0.1) is 0 Å². The van der Waals surface area contributed by atoms with Crippen molar-refractivity contribution in [2.45, 2.75) is 6.10 Å². The maximum absolute atomic E-state index is 12.3. The second kappa shape index (κ2) is 7.26. The third-order valence-electron chi connectivity index (χ3n) is 4.02. The summed E-state index contributed by atoms with van der Waals surface area (Å²) in [5, 5.41) is 19.0. The summed E-state index contributed by atoms with van der Waals surface area (Å²) < 4.78 is 0. The van der Waals surface area contributed by atoms with Crippen LogP contribution in [0.3, 0.4) is 0 Å². The maximum Gasteiger partial charge on any atom is 0.251 e. The summed E-state index contributed by atoms with van der Waals surface area (Å²) in [7, 11) is 0. The Bertz CT molecular complexity index is 660. The van der Waals surface area contributed by atoms with Crippen LogP contribution >= 0.6 is 0 Å². The van der Waals surface area contributed by atoms with Crippen molar-refractivity contribution >= 4 is 17.3 Å². The zero-order valence-corrected chi connectivity index (χ0v) is 12.8. The highest BCUT2D eigenvalue weighted by Gasteiger charge is 2.25. The first-order valence-electron chi connectivity index (χ1n) is 7.81. The van der Waals surface area contributed by atoms with Crippen molar-refractivity contribution < 1.29 is 9.90 Å². The average molecular weight is 311 g/mol. The molecule has 0 bridgehead atoms. The zero-order valence-electron chi connectivity index (χ0n) is 12.8. The minimum absolute atomic E-state index is 0.0737. The number of para-hydroxylation sites is 1. The van der Waals surface area contributed by atoms with Crippen LogP contribution in [-0.4, -0.2) is 36.8 Å². The van der Waals surface area contributed by atoms with E-state index in [9.17, 15) is 9.90 Å². The van der Waals surface area contributed by atoms with Crippen molar-refractivity contribution in [3.63, 3.8) is 0 Å². The van der Waals surface area contributed by atoms with Crippen LogP contribution in [0.1, 0.15) is 10.4 Å². The van der Waals surface area contributed by atoms with Crippen LogP contribution in [0.15, 0.2) is 54.6 Å². The molecule has 0 aliphatic carbocycles. The van der Waals surface area contributed by atoms with Crippen LogP contribution in [0.2, 0.25) is 0 Å².